The normalized spacial score (nSPS) is 36.4. The van der Waals surface area contributed by atoms with E-state index >= 15 is 0 Å². The fourth-order valence-corrected chi connectivity index (χ4v) is 1.23. The van der Waals surface area contributed by atoms with Crippen LogP contribution in [0.25, 0.3) is 0 Å². The molecule has 0 aromatic carbocycles. The van der Waals surface area contributed by atoms with Crippen LogP contribution in [0.1, 0.15) is 27.2 Å². The van der Waals surface area contributed by atoms with Crippen LogP contribution in [-0.4, -0.2) is 23.4 Å². The first-order valence-electron chi connectivity index (χ1n) is 4.12. The van der Waals surface area contributed by atoms with Gasteiger partial charge in [-0.3, -0.25) is 20.2 Å². The van der Waals surface area contributed by atoms with Gasteiger partial charge >= 0.3 is 0 Å². The summed E-state index contributed by atoms with van der Waals surface area (Å²) in [7, 11) is 0. The van der Waals surface area contributed by atoms with E-state index in [4.69, 9.17) is 0 Å². The number of rotatable bonds is 1. The van der Waals surface area contributed by atoms with Crippen molar-refractivity contribution in [2.45, 2.75) is 38.8 Å². The van der Waals surface area contributed by atoms with E-state index in [1.54, 1.807) is 13.8 Å². The van der Waals surface area contributed by atoms with E-state index in [0.717, 1.165) is 0 Å². The van der Waals surface area contributed by atoms with Crippen LogP contribution in [0.5, 0.6) is 0 Å². The highest BCUT2D eigenvalue weighted by molar-refractivity contribution is 6.04. The largest absolute Gasteiger partial charge is 0.293 e. The van der Waals surface area contributed by atoms with Crippen LogP contribution in [0.3, 0.4) is 0 Å². The predicted octanol–water partition coefficient (Wildman–Crippen LogP) is -0.210. The van der Waals surface area contributed by atoms with Crippen molar-refractivity contribution in [3.05, 3.63) is 0 Å². The summed E-state index contributed by atoms with van der Waals surface area (Å²) in [6.07, 6.45) is 0.677. The van der Waals surface area contributed by atoms with Gasteiger partial charge in [0, 0.05) is 0 Å². The topological polar surface area (TPSA) is 58.2 Å². The molecule has 1 heterocycles. The zero-order valence-corrected chi connectivity index (χ0v) is 7.60. The van der Waals surface area contributed by atoms with E-state index in [1.165, 1.54) is 0 Å². The average molecular weight is 170 g/mol. The van der Waals surface area contributed by atoms with Gasteiger partial charge in [0.15, 0.2) is 0 Å². The Morgan fingerprint density at radius 2 is 2.08 bits per heavy atom. The molecule has 0 aromatic rings. The average Bonchev–Trinajstić information content (AvgIpc) is 2.01. The van der Waals surface area contributed by atoms with Gasteiger partial charge in [-0.05, 0) is 20.3 Å². The van der Waals surface area contributed by atoms with Crippen LogP contribution >= 0.6 is 0 Å². The lowest BCUT2D eigenvalue weighted by atomic mass is 9.94. The van der Waals surface area contributed by atoms with Crippen molar-refractivity contribution >= 4 is 11.8 Å². The SMILES string of the molecule is CCC1(C)NC(C)C(=O)NC1=O. The molecule has 0 saturated carbocycles. The molecule has 0 aliphatic carbocycles. The van der Waals surface area contributed by atoms with Crippen molar-refractivity contribution in [3.63, 3.8) is 0 Å². The minimum absolute atomic E-state index is 0.229. The minimum Gasteiger partial charge on any atom is -0.293 e. The van der Waals surface area contributed by atoms with Gasteiger partial charge in [0.1, 0.15) is 0 Å². The maximum Gasteiger partial charge on any atom is 0.246 e. The van der Waals surface area contributed by atoms with Gasteiger partial charge in [-0.1, -0.05) is 6.92 Å². The number of hydrogen-bond donors (Lipinski definition) is 2. The first kappa shape index (κ1) is 9.19. The van der Waals surface area contributed by atoms with Crippen molar-refractivity contribution < 1.29 is 9.59 Å². The second-order valence-electron chi connectivity index (χ2n) is 3.37. The maximum atomic E-state index is 11.3. The highest BCUT2D eigenvalue weighted by Crippen LogP contribution is 2.13. The number of carbonyl (C=O) groups is 2. The Morgan fingerprint density at radius 1 is 1.50 bits per heavy atom. The Balaban J connectivity index is 2.81. The zero-order valence-electron chi connectivity index (χ0n) is 7.60. The number of piperazine rings is 1. The molecule has 1 aliphatic rings. The highest BCUT2D eigenvalue weighted by atomic mass is 16.2. The molecule has 1 saturated heterocycles. The first-order valence-corrected chi connectivity index (χ1v) is 4.12. The molecule has 1 rings (SSSR count). The molecule has 0 bridgehead atoms. The number of nitrogens with one attached hydrogen (secondary N) is 2. The monoisotopic (exact) mass is 170 g/mol. The van der Waals surface area contributed by atoms with Gasteiger partial charge in [-0.15, -0.1) is 0 Å². The number of hydrogen-bond acceptors (Lipinski definition) is 3. The highest BCUT2D eigenvalue weighted by Gasteiger charge is 2.39. The van der Waals surface area contributed by atoms with E-state index in [2.05, 4.69) is 10.6 Å². The fourth-order valence-electron chi connectivity index (χ4n) is 1.23. The smallest absolute Gasteiger partial charge is 0.246 e. The summed E-state index contributed by atoms with van der Waals surface area (Å²) in [6.45, 7) is 5.45. The van der Waals surface area contributed by atoms with E-state index in [9.17, 15) is 9.59 Å². The molecule has 1 fully saturated rings. The van der Waals surface area contributed by atoms with Gasteiger partial charge < -0.3 is 0 Å². The van der Waals surface area contributed by atoms with Gasteiger partial charge in [-0.25, -0.2) is 0 Å². The molecule has 0 aromatic heterocycles. The van der Waals surface area contributed by atoms with Crippen molar-refractivity contribution in [3.8, 4) is 0 Å². The lowest BCUT2D eigenvalue weighted by molar-refractivity contribution is -0.140. The Bertz CT molecular complexity index is 227. The van der Waals surface area contributed by atoms with E-state index in [1.807, 2.05) is 6.92 Å². The molecular formula is C8H14N2O2. The van der Waals surface area contributed by atoms with Crippen LogP contribution in [0.2, 0.25) is 0 Å². The third-order valence-corrected chi connectivity index (χ3v) is 2.37. The Hall–Kier alpha value is -0.900. The third kappa shape index (κ3) is 1.34. The summed E-state index contributed by atoms with van der Waals surface area (Å²) >= 11 is 0. The summed E-state index contributed by atoms with van der Waals surface area (Å²) in [6, 6.07) is -0.285. The Morgan fingerprint density at radius 3 is 2.58 bits per heavy atom. The lowest BCUT2D eigenvalue weighted by Crippen LogP contribution is -2.67. The van der Waals surface area contributed by atoms with Crippen LogP contribution < -0.4 is 10.6 Å². The second kappa shape index (κ2) is 2.86. The van der Waals surface area contributed by atoms with E-state index < -0.39 is 5.54 Å². The quantitative estimate of drug-likeness (QED) is 0.535. The summed E-state index contributed by atoms with van der Waals surface area (Å²) in [4.78, 5) is 22.3. The molecule has 2 atom stereocenters. The summed E-state index contributed by atoms with van der Waals surface area (Å²) in [5.74, 6) is -0.473. The standard InChI is InChI=1S/C8H14N2O2/c1-4-8(3)7(12)9-6(11)5(2)10-8/h5,10H,4H2,1-3H3,(H,9,11,12). The summed E-state index contributed by atoms with van der Waals surface area (Å²) in [5, 5.41) is 5.31. The van der Waals surface area contributed by atoms with E-state index in [0.29, 0.717) is 6.42 Å². The Kier molecular flexibility index (Phi) is 2.19. The molecule has 12 heavy (non-hydrogen) atoms. The minimum atomic E-state index is -0.590. The molecule has 0 radical (unpaired) electrons. The molecule has 4 heteroatoms. The van der Waals surface area contributed by atoms with Crippen molar-refractivity contribution in [2.75, 3.05) is 0 Å². The Labute approximate surface area is 71.7 Å². The van der Waals surface area contributed by atoms with Crippen LogP contribution in [0.4, 0.5) is 0 Å². The van der Waals surface area contributed by atoms with Gasteiger partial charge in [0.05, 0.1) is 11.6 Å². The van der Waals surface area contributed by atoms with Crippen LogP contribution in [-0.2, 0) is 9.59 Å². The number of imide groups is 1. The molecule has 2 N–H and O–H groups in total. The predicted molar refractivity (Wildman–Crippen MR) is 44.4 cm³/mol. The van der Waals surface area contributed by atoms with Gasteiger partial charge in [0.2, 0.25) is 11.8 Å². The molecular weight excluding hydrogens is 156 g/mol. The first-order chi connectivity index (χ1) is 5.49. The zero-order chi connectivity index (χ0) is 9.35. The molecule has 2 amide bonds. The van der Waals surface area contributed by atoms with E-state index in [-0.39, 0.29) is 17.9 Å². The maximum absolute atomic E-state index is 11.3. The fraction of sp³-hybridized carbons (Fsp3) is 0.750. The van der Waals surface area contributed by atoms with Gasteiger partial charge in [-0.2, -0.15) is 0 Å². The molecule has 0 spiro atoms. The lowest BCUT2D eigenvalue weighted by Gasteiger charge is -2.35. The van der Waals surface area contributed by atoms with Crippen LogP contribution in [0, 0.1) is 0 Å². The second-order valence-corrected chi connectivity index (χ2v) is 3.37. The number of amides is 2. The van der Waals surface area contributed by atoms with Gasteiger partial charge in [0.25, 0.3) is 0 Å². The van der Waals surface area contributed by atoms with Crippen LogP contribution in [0.15, 0.2) is 0 Å². The molecule has 1 aliphatic heterocycles. The molecule has 4 nitrogen and oxygen atoms in total. The van der Waals surface area contributed by atoms with Crippen molar-refractivity contribution in [1.29, 1.82) is 0 Å². The third-order valence-electron chi connectivity index (χ3n) is 2.37. The van der Waals surface area contributed by atoms with Crippen molar-refractivity contribution in [1.82, 2.24) is 10.6 Å². The van der Waals surface area contributed by atoms with Crippen molar-refractivity contribution in [2.24, 2.45) is 0 Å². The molecule has 2 unspecified atom stereocenters. The summed E-state index contributed by atoms with van der Waals surface area (Å²) in [5.41, 5.74) is -0.590. The number of carbonyl (C=O) groups excluding carboxylic acids is 2. The summed E-state index contributed by atoms with van der Waals surface area (Å²) < 4.78 is 0. The molecule has 68 valence electrons.